The van der Waals surface area contributed by atoms with E-state index >= 15 is 0 Å². The summed E-state index contributed by atoms with van der Waals surface area (Å²) in [6, 6.07) is 14.6. The molecule has 0 unspecified atom stereocenters. The van der Waals surface area contributed by atoms with Gasteiger partial charge in [-0.15, -0.1) is 0 Å². The molecule has 2 aromatic carbocycles. The van der Waals surface area contributed by atoms with Crippen LogP contribution in [0.2, 0.25) is 5.02 Å². The average molecular weight is 442 g/mol. The fourth-order valence-electron chi connectivity index (χ4n) is 4.15. The minimum atomic E-state index is -0.979. The van der Waals surface area contributed by atoms with E-state index < -0.39 is 17.7 Å². The lowest BCUT2D eigenvalue weighted by molar-refractivity contribution is -0.136. The third-order valence-corrected chi connectivity index (χ3v) is 6.26. The molecule has 2 aliphatic rings. The van der Waals surface area contributed by atoms with Crippen LogP contribution in [0.4, 0.5) is 10.5 Å². The number of urea groups is 1. The Labute approximate surface area is 185 Å². The Kier molecular flexibility index (Phi) is 5.98. The van der Waals surface area contributed by atoms with Crippen molar-refractivity contribution in [2.45, 2.75) is 37.3 Å². The summed E-state index contributed by atoms with van der Waals surface area (Å²) in [5.74, 6) is -0.432. The maximum Gasteiger partial charge on any atom is 0.329 e. The zero-order chi connectivity index (χ0) is 22.0. The van der Waals surface area contributed by atoms with Crippen molar-refractivity contribution in [2.75, 3.05) is 18.0 Å². The van der Waals surface area contributed by atoms with Crippen molar-refractivity contribution in [3.05, 3.63) is 65.2 Å². The fraction of sp³-hybridized carbons (Fsp3) is 0.348. The zero-order valence-corrected chi connectivity index (χ0v) is 17.7. The highest BCUT2D eigenvalue weighted by Crippen LogP contribution is 2.33. The van der Waals surface area contributed by atoms with E-state index in [1.165, 1.54) is 0 Å². The Bertz CT molecular complexity index is 972. The van der Waals surface area contributed by atoms with Crippen molar-refractivity contribution in [2.24, 2.45) is 0 Å². The van der Waals surface area contributed by atoms with E-state index in [1.807, 2.05) is 18.2 Å². The van der Waals surface area contributed by atoms with E-state index in [0.29, 0.717) is 36.6 Å². The second-order valence-corrected chi connectivity index (χ2v) is 8.41. The Balaban J connectivity index is 1.30. The standard InChI is InChI=1S/C23H24ClN3O4/c24-17-8-6-16(7-9-17)23(31)12-14-26(15-13-23)20(28)11-10-19-21(29)27(22(30)25-19)18-4-2-1-3-5-18/h1-9,19,31H,10-15H2,(H,25,30)/t19-/m0/s1. The lowest BCUT2D eigenvalue weighted by Gasteiger charge is -2.38. The first-order chi connectivity index (χ1) is 14.9. The predicted octanol–water partition coefficient (Wildman–Crippen LogP) is 3.06. The number of rotatable bonds is 5. The summed E-state index contributed by atoms with van der Waals surface area (Å²) in [6.45, 7) is 0.859. The van der Waals surface area contributed by atoms with Gasteiger partial charge in [0, 0.05) is 24.5 Å². The van der Waals surface area contributed by atoms with Crippen LogP contribution < -0.4 is 10.2 Å². The highest BCUT2D eigenvalue weighted by Gasteiger charge is 2.40. The van der Waals surface area contributed by atoms with Crippen LogP contribution in [0.15, 0.2) is 54.6 Å². The summed E-state index contributed by atoms with van der Waals surface area (Å²) in [7, 11) is 0. The molecule has 0 radical (unpaired) electrons. The van der Waals surface area contributed by atoms with Crippen LogP contribution >= 0.6 is 11.6 Å². The topological polar surface area (TPSA) is 90.0 Å². The summed E-state index contributed by atoms with van der Waals surface area (Å²) < 4.78 is 0. The number of nitrogens with zero attached hydrogens (tertiary/aromatic N) is 2. The Hall–Kier alpha value is -2.90. The molecule has 1 atom stereocenters. The highest BCUT2D eigenvalue weighted by molar-refractivity contribution is 6.30. The molecule has 2 aromatic rings. The average Bonchev–Trinajstić information content (AvgIpc) is 3.06. The molecule has 2 N–H and O–H groups in total. The van der Waals surface area contributed by atoms with Gasteiger partial charge < -0.3 is 15.3 Å². The molecule has 31 heavy (non-hydrogen) atoms. The van der Waals surface area contributed by atoms with Gasteiger partial charge in [-0.1, -0.05) is 41.9 Å². The van der Waals surface area contributed by atoms with Gasteiger partial charge in [-0.05, 0) is 49.1 Å². The molecule has 0 bridgehead atoms. The molecule has 2 fully saturated rings. The molecule has 2 heterocycles. The van der Waals surface area contributed by atoms with Gasteiger partial charge >= 0.3 is 6.03 Å². The number of imide groups is 1. The quantitative estimate of drug-likeness (QED) is 0.698. The van der Waals surface area contributed by atoms with Crippen molar-refractivity contribution in [3.8, 4) is 0 Å². The van der Waals surface area contributed by atoms with E-state index in [9.17, 15) is 19.5 Å². The molecular weight excluding hydrogens is 418 g/mol. The minimum Gasteiger partial charge on any atom is -0.385 e. The van der Waals surface area contributed by atoms with Crippen molar-refractivity contribution in [1.29, 1.82) is 0 Å². The first-order valence-electron chi connectivity index (χ1n) is 10.3. The van der Waals surface area contributed by atoms with Crippen LogP contribution in [-0.2, 0) is 15.2 Å². The van der Waals surface area contributed by atoms with Gasteiger partial charge in [-0.3, -0.25) is 9.59 Å². The van der Waals surface area contributed by atoms with Crippen LogP contribution in [0, 0.1) is 0 Å². The molecule has 0 aliphatic carbocycles. The smallest absolute Gasteiger partial charge is 0.329 e. The lowest BCUT2D eigenvalue weighted by atomic mass is 9.84. The van der Waals surface area contributed by atoms with Gasteiger partial charge in [0.05, 0.1) is 11.3 Å². The van der Waals surface area contributed by atoms with Crippen molar-refractivity contribution in [1.82, 2.24) is 10.2 Å². The first kappa shape index (κ1) is 21.3. The second kappa shape index (κ2) is 8.69. The molecule has 0 aromatic heterocycles. The second-order valence-electron chi connectivity index (χ2n) is 7.97. The first-order valence-corrected chi connectivity index (χ1v) is 10.7. The van der Waals surface area contributed by atoms with Crippen LogP contribution in [0.1, 0.15) is 31.2 Å². The molecule has 0 spiro atoms. The van der Waals surface area contributed by atoms with E-state index in [1.54, 1.807) is 41.3 Å². The Morgan fingerprint density at radius 3 is 2.35 bits per heavy atom. The number of hydrogen-bond acceptors (Lipinski definition) is 4. The number of hydrogen-bond donors (Lipinski definition) is 2. The van der Waals surface area contributed by atoms with Gasteiger partial charge in [-0.2, -0.15) is 0 Å². The van der Waals surface area contributed by atoms with E-state index in [-0.39, 0.29) is 24.7 Å². The predicted molar refractivity (Wildman–Crippen MR) is 117 cm³/mol. The monoisotopic (exact) mass is 441 g/mol. The van der Waals surface area contributed by atoms with Gasteiger partial charge in [0.2, 0.25) is 5.91 Å². The number of halogens is 1. The molecule has 2 aliphatic heterocycles. The summed E-state index contributed by atoms with van der Waals surface area (Å²) in [5, 5.41) is 14.2. The number of carbonyl (C=O) groups is 3. The SMILES string of the molecule is O=C(CC[C@@H]1NC(=O)N(c2ccccc2)C1=O)N1CCC(O)(c2ccc(Cl)cc2)CC1. The van der Waals surface area contributed by atoms with E-state index in [2.05, 4.69) is 5.32 Å². The number of amides is 4. The van der Waals surface area contributed by atoms with Crippen molar-refractivity contribution >= 4 is 35.1 Å². The van der Waals surface area contributed by atoms with Crippen molar-refractivity contribution < 1.29 is 19.5 Å². The van der Waals surface area contributed by atoms with Gasteiger partial charge in [-0.25, -0.2) is 9.69 Å². The highest BCUT2D eigenvalue weighted by atomic mass is 35.5. The number of aliphatic hydroxyl groups is 1. The molecule has 0 saturated carbocycles. The molecule has 162 valence electrons. The molecule has 8 heteroatoms. The number of anilines is 1. The number of piperidine rings is 1. The van der Waals surface area contributed by atoms with E-state index in [4.69, 9.17) is 11.6 Å². The largest absolute Gasteiger partial charge is 0.385 e. The lowest BCUT2D eigenvalue weighted by Crippen LogP contribution is -2.45. The van der Waals surface area contributed by atoms with Crippen LogP contribution in [-0.4, -0.2) is 47.0 Å². The normalized spacial score (nSPS) is 20.6. The Morgan fingerprint density at radius 2 is 1.71 bits per heavy atom. The summed E-state index contributed by atoms with van der Waals surface area (Å²) in [5.41, 5.74) is 0.327. The molecule has 4 rings (SSSR count). The van der Waals surface area contributed by atoms with Gasteiger partial charge in [0.1, 0.15) is 6.04 Å². The van der Waals surface area contributed by atoms with Crippen LogP contribution in [0.25, 0.3) is 0 Å². The fourth-order valence-corrected chi connectivity index (χ4v) is 4.28. The van der Waals surface area contributed by atoms with Crippen LogP contribution in [0.5, 0.6) is 0 Å². The molecule has 2 saturated heterocycles. The summed E-state index contributed by atoms with van der Waals surface area (Å²) in [4.78, 5) is 40.4. The number of likely N-dealkylation sites (tertiary alicyclic amines) is 1. The van der Waals surface area contributed by atoms with Crippen LogP contribution in [0.3, 0.4) is 0 Å². The number of carbonyl (C=O) groups excluding carboxylic acids is 3. The maximum atomic E-state index is 12.7. The van der Waals surface area contributed by atoms with Gasteiger partial charge in [0.25, 0.3) is 5.91 Å². The maximum absolute atomic E-state index is 12.7. The van der Waals surface area contributed by atoms with Gasteiger partial charge in [0.15, 0.2) is 0 Å². The summed E-state index contributed by atoms with van der Waals surface area (Å²) in [6.07, 6.45) is 1.26. The molecule has 4 amide bonds. The summed E-state index contributed by atoms with van der Waals surface area (Å²) >= 11 is 5.92. The zero-order valence-electron chi connectivity index (χ0n) is 17.0. The van der Waals surface area contributed by atoms with Crippen molar-refractivity contribution in [3.63, 3.8) is 0 Å². The molecule has 7 nitrogen and oxygen atoms in total. The number of benzene rings is 2. The van der Waals surface area contributed by atoms with E-state index in [0.717, 1.165) is 10.5 Å². The third kappa shape index (κ3) is 4.43. The number of para-hydroxylation sites is 1. The Morgan fingerprint density at radius 1 is 1.06 bits per heavy atom. The third-order valence-electron chi connectivity index (χ3n) is 6.01. The minimum absolute atomic E-state index is 0.0848. The number of nitrogens with one attached hydrogen (secondary N) is 1. The molecular formula is C23H24ClN3O4.